The fourth-order valence-electron chi connectivity index (χ4n) is 1.12. The molecule has 12 heavy (non-hydrogen) atoms. The summed E-state index contributed by atoms with van der Waals surface area (Å²) < 4.78 is 1.35. The second-order valence-electron chi connectivity index (χ2n) is 2.69. The molecule has 0 N–H and O–H groups in total. The number of carbonyl (C=O) groups excluding carboxylic acids is 1. The molecule has 0 bridgehead atoms. The zero-order valence-electron chi connectivity index (χ0n) is 7.33. The van der Waals surface area contributed by atoms with E-state index in [1.807, 2.05) is 18.2 Å². The molecule has 0 atom stereocenters. The molecule has 0 aliphatic rings. The van der Waals surface area contributed by atoms with Gasteiger partial charge in [-0.25, -0.2) is 0 Å². The first-order valence-electron chi connectivity index (χ1n) is 3.85. The SMILES string of the molecule is C[Se]c1ccccc1CC(C)=O. The van der Waals surface area contributed by atoms with Crippen molar-refractivity contribution in [3.05, 3.63) is 29.8 Å². The number of hydrogen-bond donors (Lipinski definition) is 0. The van der Waals surface area contributed by atoms with Crippen LogP contribution in [0.1, 0.15) is 12.5 Å². The van der Waals surface area contributed by atoms with E-state index in [9.17, 15) is 4.79 Å². The summed E-state index contributed by atoms with van der Waals surface area (Å²) in [5.74, 6) is 2.41. The molecule has 0 spiro atoms. The van der Waals surface area contributed by atoms with Gasteiger partial charge in [0.2, 0.25) is 0 Å². The van der Waals surface area contributed by atoms with Gasteiger partial charge in [0, 0.05) is 0 Å². The van der Waals surface area contributed by atoms with Gasteiger partial charge in [-0.1, -0.05) is 0 Å². The van der Waals surface area contributed by atoms with Gasteiger partial charge in [0.25, 0.3) is 0 Å². The fourth-order valence-corrected chi connectivity index (χ4v) is 2.41. The molecule has 1 aromatic rings. The predicted molar refractivity (Wildman–Crippen MR) is 52.1 cm³/mol. The van der Waals surface area contributed by atoms with Crippen LogP contribution in [-0.4, -0.2) is 20.7 Å². The maximum atomic E-state index is 10.9. The zero-order valence-corrected chi connectivity index (χ0v) is 9.05. The molecule has 1 nitrogen and oxygen atoms in total. The van der Waals surface area contributed by atoms with E-state index >= 15 is 0 Å². The molecule has 0 fully saturated rings. The Kier molecular flexibility index (Phi) is 3.51. The van der Waals surface area contributed by atoms with E-state index < -0.39 is 0 Å². The standard InChI is InChI=1S/C10H12OSe/c1-8(11)7-9-5-3-4-6-10(9)12-2/h3-6H,7H2,1-2H3. The summed E-state index contributed by atoms with van der Waals surface area (Å²) in [4.78, 5) is 10.9. The molecule has 0 heterocycles. The van der Waals surface area contributed by atoms with Crippen LogP contribution in [0.5, 0.6) is 0 Å². The van der Waals surface area contributed by atoms with Gasteiger partial charge in [0.1, 0.15) is 0 Å². The van der Waals surface area contributed by atoms with Crippen LogP contribution in [-0.2, 0) is 11.2 Å². The Bertz CT molecular complexity index is 281. The van der Waals surface area contributed by atoms with E-state index in [4.69, 9.17) is 0 Å². The quantitative estimate of drug-likeness (QED) is 0.709. The van der Waals surface area contributed by atoms with E-state index in [2.05, 4.69) is 11.9 Å². The summed E-state index contributed by atoms with van der Waals surface area (Å²) in [5, 5.41) is 0. The Labute approximate surface area is 79.3 Å². The average molecular weight is 227 g/mol. The molecule has 0 radical (unpaired) electrons. The first-order valence-corrected chi connectivity index (χ1v) is 6.42. The van der Waals surface area contributed by atoms with Crippen molar-refractivity contribution in [1.82, 2.24) is 0 Å². The molecule has 0 saturated heterocycles. The molecular weight excluding hydrogens is 215 g/mol. The molecule has 0 unspecified atom stereocenters. The third-order valence-corrected chi connectivity index (χ3v) is 3.39. The summed E-state index contributed by atoms with van der Waals surface area (Å²) in [6, 6.07) is 8.18. The Hall–Kier alpha value is -0.591. The maximum absolute atomic E-state index is 10.9. The van der Waals surface area contributed by atoms with Gasteiger partial charge in [-0.05, 0) is 0 Å². The molecule has 0 amide bonds. The van der Waals surface area contributed by atoms with Crippen LogP contribution < -0.4 is 4.46 Å². The van der Waals surface area contributed by atoms with Crippen molar-refractivity contribution in [2.45, 2.75) is 19.2 Å². The minimum atomic E-state index is 0.242. The van der Waals surface area contributed by atoms with Crippen LogP contribution in [0.2, 0.25) is 5.82 Å². The summed E-state index contributed by atoms with van der Waals surface area (Å²) in [6.07, 6.45) is 0.589. The van der Waals surface area contributed by atoms with Crippen LogP contribution in [0.3, 0.4) is 0 Å². The summed E-state index contributed by atoms with van der Waals surface area (Å²) in [5.41, 5.74) is 1.20. The van der Waals surface area contributed by atoms with Crippen LogP contribution in [0.25, 0.3) is 0 Å². The molecule has 64 valence electrons. The number of rotatable bonds is 3. The van der Waals surface area contributed by atoms with E-state index in [0.717, 1.165) is 0 Å². The average Bonchev–Trinajstić information content (AvgIpc) is 2.04. The summed E-state index contributed by atoms with van der Waals surface area (Å²) in [6.45, 7) is 1.64. The Morgan fingerprint density at radius 2 is 2.08 bits per heavy atom. The molecule has 0 aliphatic carbocycles. The van der Waals surface area contributed by atoms with E-state index in [-0.39, 0.29) is 5.78 Å². The third kappa shape index (κ3) is 2.47. The Balaban J connectivity index is 2.89. The molecule has 2 heteroatoms. The minimum absolute atomic E-state index is 0.242. The number of ketones is 1. The number of carbonyl (C=O) groups is 1. The van der Waals surface area contributed by atoms with E-state index in [1.165, 1.54) is 10.0 Å². The van der Waals surface area contributed by atoms with Gasteiger partial charge in [-0.3, -0.25) is 0 Å². The van der Waals surface area contributed by atoms with Crippen molar-refractivity contribution < 1.29 is 4.79 Å². The Morgan fingerprint density at radius 3 is 2.67 bits per heavy atom. The van der Waals surface area contributed by atoms with Crippen molar-refractivity contribution >= 4 is 25.2 Å². The van der Waals surface area contributed by atoms with E-state index in [1.54, 1.807) is 6.92 Å². The van der Waals surface area contributed by atoms with Crippen LogP contribution in [0.15, 0.2) is 24.3 Å². The van der Waals surface area contributed by atoms with Gasteiger partial charge in [0.05, 0.1) is 0 Å². The van der Waals surface area contributed by atoms with E-state index in [0.29, 0.717) is 21.4 Å². The van der Waals surface area contributed by atoms with Crippen molar-refractivity contribution in [2.75, 3.05) is 0 Å². The van der Waals surface area contributed by atoms with Crippen molar-refractivity contribution in [3.8, 4) is 0 Å². The van der Waals surface area contributed by atoms with Crippen LogP contribution in [0, 0.1) is 0 Å². The number of hydrogen-bond acceptors (Lipinski definition) is 1. The topological polar surface area (TPSA) is 17.1 Å². The summed E-state index contributed by atoms with van der Waals surface area (Å²) in [7, 11) is 0. The molecule has 0 aromatic heterocycles. The van der Waals surface area contributed by atoms with Gasteiger partial charge < -0.3 is 0 Å². The van der Waals surface area contributed by atoms with Gasteiger partial charge in [-0.2, -0.15) is 0 Å². The molecule has 0 saturated carbocycles. The molecule has 1 rings (SSSR count). The monoisotopic (exact) mass is 228 g/mol. The molecule has 0 aliphatic heterocycles. The second kappa shape index (κ2) is 4.44. The predicted octanol–water partition coefficient (Wildman–Crippen LogP) is 1.20. The van der Waals surface area contributed by atoms with Crippen molar-refractivity contribution in [2.24, 2.45) is 0 Å². The van der Waals surface area contributed by atoms with Crippen LogP contribution in [0.4, 0.5) is 0 Å². The van der Waals surface area contributed by atoms with Crippen LogP contribution >= 0.6 is 0 Å². The third-order valence-electron chi connectivity index (χ3n) is 1.63. The van der Waals surface area contributed by atoms with Crippen molar-refractivity contribution in [3.63, 3.8) is 0 Å². The van der Waals surface area contributed by atoms with Crippen molar-refractivity contribution in [1.29, 1.82) is 0 Å². The second-order valence-corrected chi connectivity index (χ2v) is 4.47. The molecule has 1 aromatic carbocycles. The van der Waals surface area contributed by atoms with Gasteiger partial charge >= 0.3 is 79.0 Å². The van der Waals surface area contributed by atoms with Gasteiger partial charge in [-0.15, -0.1) is 0 Å². The first-order chi connectivity index (χ1) is 5.74. The number of benzene rings is 1. The first kappa shape index (κ1) is 9.50. The number of Topliss-reactive ketones (excluding diaryl/α,β-unsaturated/α-hetero) is 1. The fraction of sp³-hybridized carbons (Fsp3) is 0.300. The summed E-state index contributed by atoms with van der Waals surface area (Å²) >= 11 is 0.492. The zero-order chi connectivity index (χ0) is 8.97. The normalized spacial score (nSPS) is 9.83. The Morgan fingerprint density at radius 1 is 1.42 bits per heavy atom. The molecular formula is C10H12OSe. The van der Waals surface area contributed by atoms with Gasteiger partial charge in [0.15, 0.2) is 0 Å².